The maximum Gasteiger partial charge on any atom is 0.338 e. The Morgan fingerprint density at radius 1 is 1.32 bits per heavy atom. The standard InChI is InChI=1S/C14H10N2O3/c17-13(9-2-1-5-15-7-9)16-11-4-3-10-8-19-14(18)12(10)6-11/h1-7H,8H2,(H,16,17). The Morgan fingerprint density at radius 3 is 3.00 bits per heavy atom. The quantitative estimate of drug-likeness (QED) is 0.832. The second kappa shape index (κ2) is 4.53. The van der Waals surface area contributed by atoms with E-state index in [4.69, 9.17) is 4.74 Å². The van der Waals surface area contributed by atoms with E-state index in [1.165, 1.54) is 6.20 Å². The number of carbonyl (C=O) groups is 2. The molecule has 5 nitrogen and oxygen atoms in total. The van der Waals surface area contributed by atoms with E-state index < -0.39 is 0 Å². The highest BCUT2D eigenvalue weighted by atomic mass is 16.5. The van der Waals surface area contributed by atoms with E-state index in [-0.39, 0.29) is 11.9 Å². The number of cyclic esters (lactones) is 1. The van der Waals surface area contributed by atoms with Crippen LogP contribution in [0.3, 0.4) is 0 Å². The summed E-state index contributed by atoms with van der Waals surface area (Å²) in [5.74, 6) is -0.619. The normalized spacial score (nSPS) is 12.7. The number of hydrogen-bond acceptors (Lipinski definition) is 4. The number of aromatic nitrogens is 1. The Hall–Kier alpha value is -2.69. The molecule has 0 radical (unpaired) electrons. The first kappa shape index (κ1) is 11.4. The molecule has 0 fully saturated rings. The molecule has 0 spiro atoms. The van der Waals surface area contributed by atoms with Crippen LogP contribution in [0.1, 0.15) is 26.3 Å². The number of rotatable bonds is 2. The highest BCUT2D eigenvalue weighted by Crippen LogP contribution is 2.23. The number of pyridine rings is 1. The molecule has 3 rings (SSSR count). The average molecular weight is 254 g/mol. The van der Waals surface area contributed by atoms with Crippen LogP contribution in [0.5, 0.6) is 0 Å². The molecule has 19 heavy (non-hydrogen) atoms. The lowest BCUT2D eigenvalue weighted by Crippen LogP contribution is -2.12. The Labute approximate surface area is 109 Å². The van der Waals surface area contributed by atoms with Crippen molar-refractivity contribution in [1.29, 1.82) is 0 Å². The van der Waals surface area contributed by atoms with Crippen LogP contribution in [0, 0.1) is 0 Å². The zero-order valence-electron chi connectivity index (χ0n) is 9.92. The predicted octanol–water partition coefficient (Wildman–Crippen LogP) is 2.00. The number of benzene rings is 1. The van der Waals surface area contributed by atoms with E-state index in [2.05, 4.69) is 10.3 Å². The van der Waals surface area contributed by atoms with Crippen LogP contribution in [0.4, 0.5) is 5.69 Å². The van der Waals surface area contributed by atoms with Gasteiger partial charge in [0.1, 0.15) is 6.61 Å². The molecule has 0 unspecified atom stereocenters. The summed E-state index contributed by atoms with van der Waals surface area (Å²) in [4.78, 5) is 27.2. The summed E-state index contributed by atoms with van der Waals surface area (Å²) in [5.41, 5.74) is 2.37. The predicted molar refractivity (Wildman–Crippen MR) is 67.8 cm³/mol. The summed E-state index contributed by atoms with van der Waals surface area (Å²) in [7, 11) is 0. The van der Waals surface area contributed by atoms with Gasteiger partial charge in [-0.2, -0.15) is 0 Å². The van der Waals surface area contributed by atoms with Gasteiger partial charge in [0.2, 0.25) is 0 Å². The van der Waals surface area contributed by atoms with Crippen molar-refractivity contribution in [2.45, 2.75) is 6.61 Å². The molecule has 5 heteroatoms. The van der Waals surface area contributed by atoms with Crippen LogP contribution in [0.25, 0.3) is 0 Å². The summed E-state index contributed by atoms with van der Waals surface area (Å²) in [5, 5.41) is 2.72. The van der Waals surface area contributed by atoms with E-state index >= 15 is 0 Å². The topological polar surface area (TPSA) is 68.3 Å². The molecule has 0 aliphatic carbocycles. The van der Waals surface area contributed by atoms with Crippen LogP contribution >= 0.6 is 0 Å². The summed E-state index contributed by atoms with van der Waals surface area (Å²) >= 11 is 0. The van der Waals surface area contributed by atoms with Crippen molar-refractivity contribution in [3.05, 3.63) is 59.4 Å². The molecule has 1 amide bonds. The number of ether oxygens (including phenoxy) is 1. The lowest BCUT2D eigenvalue weighted by Gasteiger charge is -2.05. The number of fused-ring (bicyclic) bond motifs is 1. The molecule has 0 bridgehead atoms. The average Bonchev–Trinajstić information content (AvgIpc) is 2.81. The maximum absolute atomic E-state index is 11.9. The third-order valence-corrected chi connectivity index (χ3v) is 2.87. The lowest BCUT2D eigenvalue weighted by molar-refractivity contribution is 0.0535. The summed E-state index contributed by atoms with van der Waals surface area (Å²) in [6.07, 6.45) is 3.08. The molecular weight excluding hydrogens is 244 g/mol. The van der Waals surface area contributed by atoms with Crippen molar-refractivity contribution >= 4 is 17.6 Å². The zero-order chi connectivity index (χ0) is 13.2. The van der Waals surface area contributed by atoms with Crippen molar-refractivity contribution < 1.29 is 14.3 Å². The van der Waals surface area contributed by atoms with Crippen molar-refractivity contribution in [2.24, 2.45) is 0 Å². The molecule has 0 atom stereocenters. The van der Waals surface area contributed by atoms with Crippen molar-refractivity contribution in [2.75, 3.05) is 5.32 Å². The highest BCUT2D eigenvalue weighted by Gasteiger charge is 2.21. The van der Waals surface area contributed by atoms with Crippen molar-refractivity contribution in [1.82, 2.24) is 4.98 Å². The minimum atomic E-state index is -0.354. The molecule has 1 N–H and O–H groups in total. The number of nitrogens with zero attached hydrogens (tertiary/aromatic N) is 1. The van der Waals surface area contributed by atoms with Gasteiger partial charge in [0.05, 0.1) is 11.1 Å². The van der Waals surface area contributed by atoms with Gasteiger partial charge in [-0.05, 0) is 24.3 Å². The largest absolute Gasteiger partial charge is 0.457 e. The molecule has 1 aromatic carbocycles. The number of anilines is 1. The molecule has 2 heterocycles. The fourth-order valence-electron chi connectivity index (χ4n) is 1.89. The molecule has 0 saturated heterocycles. The molecule has 0 saturated carbocycles. The minimum Gasteiger partial charge on any atom is -0.457 e. The lowest BCUT2D eigenvalue weighted by atomic mass is 10.1. The Kier molecular flexibility index (Phi) is 2.72. The molecule has 94 valence electrons. The number of amides is 1. The summed E-state index contributed by atoms with van der Waals surface area (Å²) in [6.45, 7) is 0.297. The Balaban J connectivity index is 1.83. The number of nitrogens with one attached hydrogen (secondary N) is 1. The van der Waals surface area contributed by atoms with E-state index in [0.717, 1.165) is 5.56 Å². The van der Waals surface area contributed by atoms with Gasteiger partial charge >= 0.3 is 5.97 Å². The number of hydrogen-bond donors (Lipinski definition) is 1. The van der Waals surface area contributed by atoms with Crippen LogP contribution in [-0.2, 0) is 11.3 Å². The third kappa shape index (κ3) is 2.18. The molecular formula is C14H10N2O3. The molecule has 1 aliphatic rings. The monoisotopic (exact) mass is 254 g/mol. The minimum absolute atomic E-state index is 0.264. The number of esters is 1. The van der Waals surface area contributed by atoms with Crippen LogP contribution in [-0.4, -0.2) is 16.9 Å². The van der Waals surface area contributed by atoms with Gasteiger partial charge in [-0.15, -0.1) is 0 Å². The second-order valence-electron chi connectivity index (χ2n) is 4.14. The van der Waals surface area contributed by atoms with E-state index in [9.17, 15) is 9.59 Å². The van der Waals surface area contributed by atoms with Gasteiger partial charge in [-0.1, -0.05) is 6.07 Å². The Morgan fingerprint density at radius 2 is 2.21 bits per heavy atom. The third-order valence-electron chi connectivity index (χ3n) is 2.87. The SMILES string of the molecule is O=C(Nc1ccc2c(c1)C(=O)OC2)c1cccnc1. The summed E-state index contributed by atoms with van der Waals surface area (Å²) < 4.78 is 4.91. The fraction of sp³-hybridized carbons (Fsp3) is 0.0714. The van der Waals surface area contributed by atoms with Gasteiger partial charge in [-0.3, -0.25) is 9.78 Å². The smallest absolute Gasteiger partial charge is 0.338 e. The van der Waals surface area contributed by atoms with Gasteiger partial charge < -0.3 is 10.1 Å². The van der Waals surface area contributed by atoms with Gasteiger partial charge in [-0.25, -0.2) is 4.79 Å². The van der Waals surface area contributed by atoms with Crippen LogP contribution in [0.2, 0.25) is 0 Å². The number of carbonyl (C=O) groups excluding carboxylic acids is 2. The van der Waals surface area contributed by atoms with Crippen molar-refractivity contribution in [3.8, 4) is 0 Å². The Bertz CT molecular complexity index is 653. The molecule has 1 aromatic heterocycles. The van der Waals surface area contributed by atoms with E-state index in [0.29, 0.717) is 23.4 Å². The molecule has 1 aliphatic heterocycles. The second-order valence-corrected chi connectivity index (χ2v) is 4.14. The van der Waals surface area contributed by atoms with Crippen LogP contribution < -0.4 is 5.32 Å². The first-order valence-electron chi connectivity index (χ1n) is 5.75. The first-order valence-corrected chi connectivity index (χ1v) is 5.75. The molecule has 2 aromatic rings. The fourth-order valence-corrected chi connectivity index (χ4v) is 1.89. The first-order chi connectivity index (χ1) is 9.24. The van der Waals surface area contributed by atoms with Gasteiger partial charge in [0, 0.05) is 23.6 Å². The summed E-state index contributed by atoms with van der Waals surface area (Å²) in [6, 6.07) is 8.51. The van der Waals surface area contributed by atoms with Gasteiger partial charge in [0.15, 0.2) is 0 Å². The van der Waals surface area contributed by atoms with Crippen molar-refractivity contribution in [3.63, 3.8) is 0 Å². The highest BCUT2D eigenvalue weighted by molar-refractivity contribution is 6.05. The van der Waals surface area contributed by atoms with Crippen LogP contribution in [0.15, 0.2) is 42.7 Å². The van der Waals surface area contributed by atoms with E-state index in [1.807, 2.05) is 0 Å². The maximum atomic E-state index is 11.9. The van der Waals surface area contributed by atoms with E-state index in [1.54, 1.807) is 36.5 Å². The zero-order valence-corrected chi connectivity index (χ0v) is 9.92. The van der Waals surface area contributed by atoms with Gasteiger partial charge in [0.25, 0.3) is 5.91 Å².